The zero-order valence-electron chi connectivity index (χ0n) is 12.3. The van der Waals surface area contributed by atoms with Gasteiger partial charge in [-0.25, -0.2) is 0 Å². The molecule has 0 aliphatic heterocycles. The van der Waals surface area contributed by atoms with Crippen molar-refractivity contribution < 1.29 is 0 Å². The minimum absolute atomic E-state index is 0.539. The van der Waals surface area contributed by atoms with E-state index >= 15 is 0 Å². The van der Waals surface area contributed by atoms with Crippen LogP contribution in [0.5, 0.6) is 0 Å². The molecule has 0 heterocycles. The molecule has 0 aromatic heterocycles. The highest BCUT2D eigenvalue weighted by Crippen LogP contribution is 2.09. The van der Waals surface area contributed by atoms with Gasteiger partial charge in [-0.05, 0) is 18.9 Å². The summed E-state index contributed by atoms with van der Waals surface area (Å²) in [4.78, 5) is 0. The van der Waals surface area contributed by atoms with Gasteiger partial charge in [0, 0.05) is 12.6 Å². The van der Waals surface area contributed by atoms with E-state index in [1.165, 1.54) is 51.4 Å². The van der Waals surface area contributed by atoms with Crippen LogP contribution in [0, 0.1) is 5.92 Å². The van der Waals surface area contributed by atoms with Crippen LogP contribution in [-0.2, 0) is 0 Å². The maximum Gasteiger partial charge on any atom is 0.0190 e. The molecule has 17 heavy (non-hydrogen) atoms. The maximum absolute atomic E-state index is 5.82. The Morgan fingerprint density at radius 1 is 0.941 bits per heavy atom. The van der Waals surface area contributed by atoms with Crippen molar-refractivity contribution in [2.75, 3.05) is 13.1 Å². The summed E-state index contributed by atoms with van der Waals surface area (Å²) in [6.45, 7) is 8.74. The summed E-state index contributed by atoms with van der Waals surface area (Å²) in [5, 5.41) is 3.64. The molecular formula is C15H34N2. The standard InChI is InChI=1S/C15H34N2/c1-4-7-8-9-10-11-15(12-16)17-13-14(5-2)6-3/h14-15,17H,4-13,16H2,1-3H3. The van der Waals surface area contributed by atoms with Crippen molar-refractivity contribution in [3.05, 3.63) is 0 Å². The average molecular weight is 242 g/mol. The van der Waals surface area contributed by atoms with E-state index in [1.807, 2.05) is 0 Å². The van der Waals surface area contributed by atoms with Gasteiger partial charge in [0.15, 0.2) is 0 Å². The number of nitrogens with two attached hydrogens (primary N) is 1. The fraction of sp³-hybridized carbons (Fsp3) is 1.00. The zero-order valence-corrected chi connectivity index (χ0v) is 12.3. The summed E-state index contributed by atoms with van der Waals surface area (Å²) < 4.78 is 0. The fourth-order valence-electron chi connectivity index (χ4n) is 2.21. The molecule has 0 bridgehead atoms. The second kappa shape index (κ2) is 12.4. The molecule has 0 spiro atoms. The summed E-state index contributed by atoms with van der Waals surface area (Å²) in [6.07, 6.45) is 10.6. The van der Waals surface area contributed by atoms with Gasteiger partial charge in [-0.1, -0.05) is 65.7 Å². The van der Waals surface area contributed by atoms with Crippen LogP contribution in [-0.4, -0.2) is 19.1 Å². The minimum Gasteiger partial charge on any atom is -0.329 e. The van der Waals surface area contributed by atoms with Gasteiger partial charge in [-0.15, -0.1) is 0 Å². The van der Waals surface area contributed by atoms with Gasteiger partial charge in [0.25, 0.3) is 0 Å². The first-order chi connectivity index (χ1) is 8.28. The van der Waals surface area contributed by atoms with Crippen LogP contribution in [0.15, 0.2) is 0 Å². The first-order valence-electron chi connectivity index (χ1n) is 7.71. The third kappa shape index (κ3) is 9.61. The number of hydrogen-bond acceptors (Lipinski definition) is 2. The van der Waals surface area contributed by atoms with Crippen molar-refractivity contribution in [3.8, 4) is 0 Å². The topological polar surface area (TPSA) is 38.0 Å². The maximum atomic E-state index is 5.82. The quantitative estimate of drug-likeness (QED) is 0.512. The Morgan fingerprint density at radius 3 is 2.12 bits per heavy atom. The second-order valence-electron chi connectivity index (χ2n) is 5.23. The largest absolute Gasteiger partial charge is 0.329 e. The normalized spacial score (nSPS) is 13.2. The fourth-order valence-corrected chi connectivity index (χ4v) is 2.21. The van der Waals surface area contributed by atoms with Crippen molar-refractivity contribution in [1.29, 1.82) is 0 Å². The lowest BCUT2D eigenvalue weighted by atomic mass is 10.0. The summed E-state index contributed by atoms with van der Waals surface area (Å²) in [5.74, 6) is 0.823. The number of nitrogens with one attached hydrogen (secondary N) is 1. The van der Waals surface area contributed by atoms with Gasteiger partial charge in [0.1, 0.15) is 0 Å². The highest BCUT2D eigenvalue weighted by molar-refractivity contribution is 4.70. The van der Waals surface area contributed by atoms with E-state index in [0.29, 0.717) is 6.04 Å². The highest BCUT2D eigenvalue weighted by atomic mass is 14.9. The van der Waals surface area contributed by atoms with Crippen LogP contribution < -0.4 is 11.1 Å². The third-order valence-electron chi connectivity index (χ3n) is 3.79. The molecular weight excluding hydrogens is 208 g/mol. The third-order valence-corrected chi connectivity index (χ3v) is 3.79. The van der Waals surface area contributed by atoms with E-state index in [4.69, 9.17) is 5.73 Å². The second-order valence-corrected chi connectivity index (χ2v) is 5.23. The van der Waals surface area contributed by atoms with Crippen LogP contribution in [0.3, 0.4) is 0 Å². The molecule has 0 aromatic rings. The van der Waals surface area contributed by atoms with Gasteiger partial charge < -0.3 is 11.1 Å². The Hall–Kier alpha value is -0.0800. The summed E-state index contributed by atoms with van der Waals surface area (Å²) in [6, 6.07) is 0.539. The monoisotopic (exact) mass is 242 g/mol. The van der Waals surface area contributed by atoms with Crippen molar-refractivity contribution in [1.82, 2.24) is 5.32 Å². The van der Waals surface area contributed by atoms with Crippen LogP contribution in [0.4, 0.5) is 0 Å². The summed E-state index contributed by atoms with van der Waals surface area (Å²) in [5.41, 5.74) is 5.82. The Bertz CT molecular complexity index is 144. The van der Waals surface area contributed by atoms with Gasteiger partial charge in [-0.2, -0.15) is 0 Å². The van der Waals surface area contributed by atoms with Crippen LogP contribution in [0.1, 0.15) is 72.1 Å². The van der Waals surface area contributed by atoms with E-state index < -0.39 is 0 Å². The molecule has 3 N–H and O–H groups in total. The molecule has 104 valence electrons. The van der Waals surface area contributed by atoms with E-state index in [0.717, 1.165) is 19.0 Å². The average Bonchev–Trinajstić information content (AvgIpc) is 2.37. The van der Waals surface area contributed by atoms with Crippen molar-refractivity contribution in [3.63, 3.8) is 0 Å². The van der Waals surface area contributed by atoms with Crippen LogP contribution in [0.2, 0.25) is 0 Å². The smallest absolute Gasteiger partial charge is 0.0190 e. The minimum atomic E-state index is 0.539. The SMILES string of the molecule is CCCCCCCC(CN)NCC(CC)CC. The van der Waals surface area contributed by atoms with E-state index in [-0.39, 0.29) is 0 Å². The Balaban J connectivity index is 3.54. The van der Waals surface area contributed by atoms with Crippen molar-refractivity contribution in [2.45, 2.75) is 78.2 Å². The van der Waals surface area contributed by atoms with Crippen LogP contribution >= 0.6 is 0 Å². The molecule has 0 fully saturated rings. The summed E-state index contributed by atoms with van der Waals surface area (Å²) in [7, 11) is 0. The highest BCUT2D eigenvalue weighted by Gasteiger charge is 2.08. The Labute approximate surface area is 109 Å². The van der Waals surface area contributed by atoms with Crippen molar-refractivity contribution >= 4 is 0 Å². The molecule has 1 atom stereocenters. The zero-order chi connectivity index (χ0) is 12.9. The molecule has 0 aliphatic carbocycles. The molecule has 2 nitrogen and oxygen atoms in total. The van der Waals surface area contributed by atoms with Gasteiger partial charge in [-0.3, -0.25) is 0 Å². The Kier molecular flexibility index (Phi) is 12.3. The van der Waals surface area contributed by atoms with Gasteiger partial charge in [0.05, 0.1) is 0 Å². The Morgan fingerprint density at radius 2 is 1.59 bits per heavy atom. The van der Waals surface area contributed by atoms with Gasteiger partial charge >= 0.3 is 0 Å². The lowest BCUT2D eigenvalue weighted by molar-refractivity contribution is 0.389. The molecule has 0 amide bonds. The number of unbranched alkanes of at least 4 members (excludes halogenated alkanes) is 4. The lowest BCUT2D eigenvalue weighted by Crippen LogP contribution is -2.38. The molecule has 1 unspecified atom stereocenters. The predicted molar refractivity (Wildman–Crippen MR) is 78.3 cm³/mol. The number of hydrogen-bond donors (Lipinski definition) is 2. The molecule has 0 saturated heterocycles. The predicted octanol–water partition coefficient (Wildman–Crippen LogP) is 3.70. The van der Waals surface area contributed by atoms with Crippen molar-refractivity contribution in [2.24, 2.45) is 11.7 Å². The molecule has 0 saturated carbocycles. The molecule has 0 aromatic carbocycles. The lowest BCUT2D eigenvalue weighted by Gasteiger charge is -2.20. The van der Waals surface area contributed by atoms with Crippen LogP contribution in [0.25, 0.3) is 0 Å². The van der Waals surface area contributed by atoms with E-state index in [9.17, 15) is 0 Å². The van der Waals surface area contributed by atoms with E-state index in [1.54, 1.807) is 0 Å². The first-order valence-corrected chi connectivity index (χ1v) is 7.71. The number of rotatable bonds is 12. The summed E-state index contributed by atoms with van der Waals surface area (Å²) >= 11 is 0. The van der Waals surface area contributed by atoms with E-state index in [2.05, 4.69) is 26.1 Å². The molecule has 0 rings (SSSR count). The van der Waals surface area contributed by atoms with Gasteiger partial charge in [0.2, 0.25) is 0 Å². The first kappa shape index (κ1) is 16.9. The molecule has 2 heteroatoms. The molecule has 0 aliphatic rings. The molecule has 0 radical (unpaired) electrons.